The van der Waals surface area contributed by atoms with Gasteiger partial charge in [-0.1, -0.05) is 13.3 Å². The largest absolute Gasteiger partial charge is 1.00 e. The van der Waals surface area contributed by atoms with Crippen molar-refractivity contribution in [2.75, 3.05) is 13.1 Å². The van der Waals surface area contributed by atoms with Gasteiger partial charge in [0.2, 0.25) is 5.91 Å². The maximum Gasteiger partial charge on any atom is 0.222 e. The minimum atomic E-state index is 0. The van der Waals surface area contributed by atoms with Crippen molar-refractivity contribution in [2.24, 2.45) is 5.92 Å². The summed E-state index contributed by atoms with van der Waals surface area (Å²) in [5.41, 5.74) is 3.78. The minimum Gasteiger partial charge on any atom is -1.00 e. The molecule has 0 fully saturated rings. The zero-order chi connectivity index (χ0) is 10.8. The summed E-state index contributed by atoms with van der Waals surface area (Å²) in [7, 11) is 0. The molecule has 5 heteroatoms. The minimum absolute atomic E-state index is 0. The Balaban J connectivity index is -0.000000845. The molecule has 1 unspecified atom stereocenters. The quantitative estimate of drug-likeness (QED) is 0.385. The second kappa shape index (κ2) is 15.8. The van der Waals surface area contributed by atoms with Crippen LogP contribution in [-0.2, 0) is 37.5 Å². The summed E-state index contributed by atoms with van der Waals surface area (Å²) in [4.78, 5) is 11.5. The molecule has 0 spiro atoms. The monoisotopic (exact) mass is 324 g/mol. The number of carbonyl (C=O) groups excluding carboxylic acids is 1. The van der Waals surface area contributed by atoms with Gasteiger partial charge in [0.05, 0.1) is 6.54 Å². The van der Waals surface area contributed by atoms with Gasteiger partial charge in [-0.2, -0.15) is 6.42 Å². The average Bonchev–Trinajstić information content (AvgIpc) is 2.18. The molecule has 0 heterocycles. The van der Waals surface area contributed by atoms with Gasteiger partial charge in [0, 0.05) is 45.2 Å². The molecule has 0 aliphatic rings. The van der Waals surface area contributed by atoms with E-state index < -0.39 is 0 Å². The molecule has 0 saturated heterocycles. The van der Waals surface area contributed by atoms with Crippen LogP contribution in [0.4, 0.5) is 0 Å². The Labute approximate surface area is 131 Å². The van der Waals surface area contributed by atoms with Crippen molar-refractivity contribution in [3.8, 4) is 0 Å². The number of carbonyl (C=O) groups is 1. The van der Waals surface area contributed by atoms with Gasteiger partial charge in [0.15, 0.2) is 0 Å². The van der Waals surface area contributed by atoms with Crippen molar-refractivity contribution in [1.29, 1.82) is 0 Å². The molecular weight excluding hydrogens is 300 g/mol. The first-order valence-electron chi connectivity index (χ1n) is 5.58. The number of halogens is 1. The van der Waals surface area contributed by atoms with E-state index in [1.54, 1.807) is 0 Å². The maximum absolute atomic E-state index is 11.5. The summed E-state index contributed by atoms with van der Waals surface area (Å²) in [6.45, 7) is 7.45. The molecular formula is C11H24ClN2OY-. The van der Waals surface area contributed by atoms with Crippen LogP contribution in [0, 0.1) is 12.8 Å². The van der Waals surface area contributed by atoms with E-state index in [4.69, 9.17) is 0 Å². The first-order valence-corrected chi connectivity index (χ1v) is 5.58. The summed E-state index contributed by atoms with van der Waals surface area (Å²) >= 11 is 0. The van der Waals surface area contributed by atoms with Gasteiger partial charge in [-0.25, -0.2) is 0 Å². The van der Waals surface area contributed by atoms with E-state index in [9.17, 15) is 4.79 Å². The first kappa shape index (κ1) is 22.0. The first-order chi connectivity index (χ1) is 6.72. The van der Waals surface area contributed by atoms with Crippen LogP contribution in [0.1, 0.15) is 39.0 Å². The van der Waals surface area contributed by atoms with Crippen molar-refractivity contribution < 1.29 is 55.6 Å². The number of amides is 1. The molecule has 0 aromatic heterocycles. The third kappa shape index (κ3) is 12.9. The second-order valence-electron chi connectivity index (χ2n) is 3.75. The molecule has 0 bridgehead atoms. The van der Waals surface area contributed by atoms with Gasteiger partial charge < -0.3 is 30.4 Å². The molecule has 1 amide bonds. The van der Waals surface area contributed by atoms with Gasteiger partial charge in [0.25, 0.3) is 0 Å². The van der Waals surface area contributed by atoms with Crippen LogP contribution in [0.2, 0.25) is 0 Å². The molecule has 0 aromatic rings. The molecule has 0 aromatic carbocycles. The predicted molar refractivity (Wildman–Crippen MR) is 58.4 cm³/mol. The molecule has 1 radical (unpaired) electrons. The van der Waals surface area contributed by atoms with Crippen LogP contribution in [0.5, 0.6) is 0 Å². The normalized spacial score (nSPS) is 10.9. The van der Waals surface area contributed by atoms with Gasteiger partial charge in [-0.3, -0.25) is 4.79 Å². The summed E-state index contributed by atoms with van der Waals surface area (Å²) < 4.78 is 0. The topological polar surface area (TPSA) is 56.7 Å². The second-order valence-corrected chi connectivity index (χ2v) is 3.75. The summed E-state index contributed by atoms with van der Waals surface area (Å²) in [6, 6.07) is 0. The molecule has 4 N–H and O–H groups in total. The Hall–Kier alpha value is 0.824. The Morgan fingerprint density at radius 2 is 2.00 bits per heavy atom. The van der Waals surface area contributed by atoms with E-state index in [-0.39, 0.29) is 56.9 Å². The Kier molecular flexibility index (Phi) is 21.8. The Morgan fingerprint density at radius 3 is 2.50 bits per heavy atom. The predicted octanol–water partition coefficient (Wildman–Crippen LogP) is -2.23. The Bertz CT molecular complexity index is 159. The Morgan fingerprint density at radius 1 is 1.38 bits per heavy atom. The van der Waals surface area contributed by atoms with Gasteiger partial charge in [0.1, 0.15) is 0 Å². The molecule has 0 aliphatic carbocycles. The van der Waals surface area contributed by atoms with Gasteiger partial charge in [-0.15, -0.1) is 0 Å². The number of unbranched alkanes of at least 4 members (excludes halogenated alkanes) is 2. The number of hydrogen-bond donors (Lipinski definition) is 2. The van der Waals surface area contributed by atoms with Crippen LogP contribution in [-0.4, -0.2) is 19.0 Å². The number of hydrogen-bond acceptors (Lipinski definition) is 1. The van der Waals surface area contributed by atoms with Crippen molar-refractivity contribution in [3.63, 3.8) is 0 Å². The van der Waals surface area contributed by atoms with Crippen molar-refractivity contribution in [2.45, 2.75) is 39.0 Å². The van der Waals surface area contributed by atoms with Gasteiger partial charge in [-0.05, 0) is 19.3 Å². The van der Waals surface area contributed by atoms with Crippen LogP contribution < -0.4 is 23.5 Å². The van der Waals surface area contributed by atoms with E-state index in [0.29, 0.717) is 0 Å². The fraction of sp³-hybridized carbons (Fsp3) is 0.818. The summed E-state index contributed by atoms with van der Waals surface area (Å²) in [5, 5.41) is 2.92. The molecule has 1 atom stereocenters. The molecule has 3 nitrogen and oxygen atoms in total. The molecule has 16 heavy (non-hydrogen) atoms. The maximum atomic E-state index is 11.5. The van der Waals surface area contributed by atoms with E-state index in [1.165, 1.54) is 0 Å². The van der Waals surface area contributed by atoms with E-state index in [0.717, 1.165) is 45.2 Å². The molecule has 0 aliphatic heterocycles. The third-order valence-corrected chi connectivity index (χ3v) is 2.31. The zero-order valence-electron chi connectivity index (χ0n) is 10.3. The summed E-state index contributed by atoms with van der Waals surface area (Å²) in [6.07, 6.45) is 5.06. The van der Waals surface area contributed by atoms with Crippen molar-refractivity contribution >= 4 is 5.91 Å². The summed E-state index contributed by atoms with van der Waals surface area (Å²) in [5.74, 6) is 0.328. The fourth-order valence-electron chi connectivity index (χ4n) is 1.27. The molecule has 95 valence electrons. The number of nitrogens with one attached hydrogen (secondary N) is 1. The van der Waals surface area contributed by atoms with E-state index in [2.05, 4.69) is 18.0 Å². The number of quaternary nitrogens is 1. The molecule has 0 rings (SSSR count). The van der Waals surface area contributed by atoms with Crippen molar-refractivity contribution in [3.05, 3.63) is 6.92 Å². The third-order valence-electron chi connectivity index (χ3n) is 2.31. The standard InChI is InChI=1S/C11H23N2O.ClH.Y/c1-3-4-9-13-11(14)10(2)7-5-6-8-12;;/h10H,1,3-9,12H2,2H3,(H,13,14);1H;/q-1;;. The van der Waals surface area contributed by atoms with E-state index >= 15 is 0 Å². The van der Waals surface area contributed by atoms with Crippen LogP contribution in [0.15, 0.2) is 0 Å². The van der Waals surface area contributed by atoms with Crippen molar-refractivity contribution in [1.82, 2.24) is 5.32 Å². The SMILES string of the molecule is [CH2-]CCCNC(=O)C(C)CCCC[NH3+].[Cl-].[Y]. The molecule has 0 saturated carbocycles. The van der Waals surface area contributed by atoms with Crippen LogP contribution in [0.25, 0.3) is 0 Å². The fourth-order valence-corrected chi connectivity index (χ4v) is 1.27. The zero-order valence-corrected chi connectivity index (χ0v) is 13.9. The van der Waals surface area contributed by atoms with Crippen LogP contribution >= 0.6 is 0 Å². The smallest absolute Gasteiger partial charge is 0.222 e. The average molecular weight is 325 g/mol. The van der Waals surface area contributed by atoms with Gasteiger partial charge >= 0.3 is 0 Å². The van der Waals surface area contributed by atoms with E-state index in [1.807, 2.05) is 6.92 Å². The van der Waals surface area contributed by atoms with Crippen LogP contribution in [0.3, 0.4) is 0 Å². The number of rotatable bonds is 8.